The molecular weight excluding hydrogens is 152 g/mol. The van der Waals surface area contributed by atoms with E-state index in [9.17, 15) is 0 Å². The standard InChI is InChI=1S/C9H20N2O/c1-8(2,3)9(6-10)7-11-4-5-12-9/h11H,4-7,10H2,1-3H3/t9-/m0/s1. The molecule has 3 nitrogen and oxygen atoms in total. The van der Waals surface area contributed by atoms with E-state index in [-0.39, 0.29) is 11.0 Å². The lowest BCUT2D eigenvalue weighted by Gasteiger charge is -2.46. The van der Waals surface area contributed by atoms with E-state index in [4.69, 9.17) is 10.5 Å². The maximum Gasteiger partial charge on any atom is 0.0976 e. The Morgan fingerprint density at radius 2 is 2.17 bits per heavy atom. The molecular formula is C9H20N2O. The van der Waals surface area contributed by atoms with Crippen LogP contribution in [0.15, 0.2) is 0 Å². The van der Waals surface area contributed by atoms with Gasteiger partial charge in [0.15, 0.2) is 0 Å². The first-order valence-corrected chi connectivity index (χ1v) is 4.57. The Morgan fingerprint density at radius 1 is 1.50 bits per heavy atom. The Kier molecular flexibility index (Phi) is 2.76. The first kappa shape index (κ1) is 9.96. The van der Waals surface area contributed by atoms with Gasteiger partial charge in [-0.05, 0) is 5.41 Å². The Labute approximate surface area is 74.7 Å². The lowest BCUT2D eigenvalue weighted by atomic mass is 9.75. The fourth-order valence-corrected chi connectivity index (χ4v) is 1.58. The first-order valence-electron chi connectivity index (χ1n) is 4.57. The average Bonchev–Trinajstić information content (AvgIpc) is 2.04. The quantitative estimate of drug-likeness (QED) is 0.600. The van der Waals surface area contributed by atoms with Gasteiger partial charge in [-0.1, -0.05) is 20.8 Å². The van der Waals surface area contributed by atoms with Gasteiger partial charge in [0.1, 0.15) is 0 Å². The number of rotatable bonds is 1. The molecule has 1 saturated heterocycles. The normalized spacial score (nSPS) is 32.0. The first-order chi connectivity index (χ1) is 5.52. The van der Waals surface area contributed by atoms with Crippen LogP contribution in [0.1, 0.15) is 20.8 Å². The van der Waals surface area contributed by atoms with Gasteiger partial charge in [-0.25, -0.2) is 0 Å². The van der Waals surface area contributed by atoms with E-state index >= 15 is 0 Å². The molecule has 3 heteroatoms. The van der Waals surface area contributed by atoms with Crippen molar-refractivity contribution in [3.63, 3.8) is 0 Å². The SMILES string of the molecule is CC(C)(C)[C@]1(CN)CNCCO1. The molecule has 0 unspecified atom stereocenters. The van der Waals surface area contributed by atoms with Crippen LogP contribution in [0.4, 0.5) is 0 Å². The Bertz CT molecular complexity index is 145. The third-order valence-corrected chi connectivity index (χ3v) is 2.76. The van der Waals surface area contributed by atoms with E-state index in [1.54, 1.807) is 0 Å². The monoisotopic (exact) mass is 172 g/mol. The molecule has 1 heterocycles. The third-order valence-electron chi connectivity index (χ3n) is 2.76. The molecule has 0 saturated carbocycles. The van der Waals surface area contributed by atoms with Crippen molar-refractivity contribution < 1.29 is 4.74 Å². The van der Waals surface area contributed by atoms with Gasteiger partial charge in [-0.2, -0.15) is 0 Å². The van der Waals surface area contributed by atoms with Crippen molar-refractivity contribution in [2.75, 3.05) is 26.2 Å². The maximum atomic E-state index is 5.79. The Hall–Kier alpha value is -0.120. The van der Waals surface area contributed by atoms with E-state index in [1.165, 1.54) is 0 Å². The van der Waals surface area contributed by atoms with Crippen LogP contribution in [0, 0.1) is 5.41 Å². The highest BCUT2D eigenvalue weighted by atomic mass is 16.5. The zero-order chi connectivity index (χ0) is 9.24. The van der Waals surface area contributed by atoms with Gasteiger partial charge in [0, 0.05) is 19.6 Å². The summed E-state index contributed by atoms with van der Waals surface area (Å²) in [5, 5.41) is 3.33. The summed E-state index contributed by atoms with van der Waals surface area (Å²) in [7, 11) is 0. The highest BCUT2D eigenvalue weighted by molar-refractivity contribution is 4.97. The molecule has 1 aliphatic rings. The number of nitrogens with one attached hydrogen (secondary N) is 1. The van der Waals surface area contributed by atoms with Crippen molar-refractivity contribution in [1.82, 2.24) is 5.32 Å². The van der Waals surface area contributed by atoms with Crippen molar-refractivity contribution in [2.45, 2.75) is 26.4 Å². The summed E-state index contributed by atoms with van der Waals surface area (Å²) < 4.78 is 5.79. The zero-order valence-electron chi connectivity index (χ0n) is 8.31. The van der Waals surface area contributed by atoms with Gasteiger partial charge in [-0.15, -0.1) is 0 Å². The van der Waals surface area contributed by atoms with Crippen LogP contribution in [-0.2, 0) is 4.74 Å². The molecule has 12 heavy (non-hydrogen) atoms. The second-order valence-electron chi connectivity index (χ2n) is 4.47. The Balaban J connectivity index is 2.73. The molecule has 0 aromatic rings. The highest BCUT2D eigenvalue weighted by Crippen LogP contribution is 2.33. The van der Waals surface area contributed by atoms with Crippen LogP contribution in [0.2, 0.25) is 0 Å². The van der Waals surface area contributed by atoms with Gasteiger partial charge in [0.25, 0.3) is 0 Å². The third kappa shape index (κ3) is 1.63. The fourth-order valence-electron chi connectivity index (χ4n) is 1.58. The van der Waals surface area contributed by atoms with Gasteiger partial charge in [0.05, 0.1) is 12.2 Å². The van der Waals surface area contributed by atoms with Crippen molar-refractivity contribution in [3.05, 3.63) is 0 Å². The van der Waals surface area contributed by atoms with E-state index in [0.717, 1.165) is 19.7 Å². The van der Waals surface area contributed by atoms with Gasteiger partial charge >= 0.3 is 0 Å². The molecule has 0 radical (unpaired) electrons. The van der Waals surface area contributed by atoms with Crippen LogP contribution < -0.4 is 11.1 Å². The zero-order valence-corrected chi connectivity index (χ0v) is 8.31. The van der Waals surface area contributed by atoms with E-state index in [2.05, 4.69) is 26.1 Å². The maximum absolute atomic E-state index is 5.79. The molecule has 1 rings (SSSR count). The minimum Gasteiger partial charge on any atom is -0.370 e. The van der Waals surface area contributed by atoms with Crippen LogP contribution in [-0.4, -0.2) is 31.8 Å². The van der Waals surface area contributed by atoms with Crippen molar-refractivity contribution in [3.8, 4) is 0 Å². The van der Waals surface area contributed by atoms with Crippen LogP contribution in [0.5, 0.6) is 0 Å². The number of morpholine rings is 1. The second kappa shape index (κ2) is 3.32. The Morgan fingerprint density at radius 3 is 2.42 bits per heavy atom. The summed E-state index contributed by atoms with van der Waals surface area (Å²) in [5.41, 5.74) is 5.69. The second-order valence-corrected chi connectivity index (χ2v) is 4.47. The van der Waals surface area contributed by atoms with Crippen LogP contribution >= 0.6 is 0 Å². The summed E-state index contributed by atoms with van der Waals surface area (Å²) in [6.07, 6.45) is 0. The van der Waals surface area contributed by atoms with Gasteiger partial charge in [0.2, 0.25) is 0 Å². The van der Waals surface area contributed by atoms with Crippen molar-refractivity contribution in [2.24, 2.45) is 11.1 Å². The summed E-state index contributed by atoms with van der Waals surface area (Å²) in [4.78, 5) is 0. The number of ether oxygens (including phenoxy) is 1. The summed E-state index contributed by atoms with van der Waals surface area (Å²) in [6.45, 7) is 9.69. The number of hydrogen-bond acceptors (Lipinski definition) is 3. The minimum absolute atomic E-state index is 0.106. The van der Waals surface area contributed by atoms with Gasteiger partial charge < -0.3 is 15.8 Å². The number of hydrogen-bond donors (Lipinski definition) is 2. The molecule has 0 aliphatic carbocycles. The fraction of sp³-hybridized carbons (Fsp3) is 1.00. The molecule has 72 valence electrons. The van der Waals surface area contributed by atoms with E-state index < -0.39 is 0 Å². The predicted octanol–water partition coefficient (Wildman–Crippen LogP) is 0.350. The van der Waals surface area contributed by atoms with Crippen LogP contribution in [0.25, 0.3) is 0 Å². The van der Waals surface area contributed by atoms with Crippen molar-refractivity contribution >= 4 is 0 Å². The molecule has 1 aliphatic heterocycles. The molecule has 0 aromatic carbocycles. The molecule has 0 spiro atoms. The van der Waals surface area contributed by atoms with Crippen molar-refractivity contribution in [1.29, 1.82) is 0 Å². The lowest BCUT2D eigenvalue weighted by molar-refractivity contribution is -0.125. The molecule has 0 aromatic heterocycles. The van der Waals surface area contributed by atoms with Gasteiger partial charge in [-0.3, -0.25) is 0 Å². The minimum atomic E-state index is -0.175. The summed E-state index contributed by atoms with van der Waals surface area (Å²) in [6, 6.07) is 0. The summed E-state index contributed by atoms with van der Waals surface area (Å²) in [5.74, 6) is 0. The molecule has 1 atom stereocenters. The largest absolute Gasteiger partial charge is 0.370 e. The molecule has 0 bridgehead atoms. The number of nitrogens with two attached hydrogens (primary N) is 1. The molecule has 1 fully saturated rings. The summed E-state index contributed by atoms with van der Waals surface area (Å²) >= 11 is 0. The molecule has 0 amide bonds. The smallest absolute Gasteiger partial charge is 0.0976 e. The predicted molar refractivity (Wildman–Crippen MR) is 50.1 cm³/mol. The lowest BCUT2D eigenvalue weighted by Crippen LogP contribution is -2.61. The van der Waals surface area contributed by atoms with E-state index in [1.807, 2.05) is 0 Å². The average molecular weight is 172 g/mol. The highest BCUT2D eigenvalue weighted by Gasteiger charge is 2.42. The molecule has 3 N–H and O–H groups in total. The topological polar surface area (TPSA) is 47.3 Å². The van der Waals surface area contributed by atoms with Crippen LogP contribution in [0.3, 0.4) is 0 Å². The van der Waals surface area contributed by atoms with E-state index in [0.29, 0.717) is 6.54 Å².